The topological polar surface area (TPSA) is 57.5 Å². The van der Waals surface area contributed by atoms with Gasteiger partial charge in [0.2, 0.25) is 0 Å². The first kappa shape index (κ1) is 23.3. The Labute approximate surface area is 196 Å². The van der Waals surface area contributed by atoms with E-state index in [0.717, 1.165) is 19.3 Å². The van der Waals surface area contributed by atoms with E-state index in [-0.39, 0.29) is 27.9 Å². The van der Waals surface area contributed by atoms with E-state index in [1.54, 1.807) is 0 Å². The van der Waals surface area contributed by atoms with Gasteiger partial charge >= 0.3 is 0 Å². The van der Waals surface area contributed by atoms with Crippen molar-refractivity contribution in [1.82, 2.24) is 0 Å². The molecule has 0 bridgehead atoms. The minimum absolute atomic E-state index is 0.0793. The van der Waals surface area contributed by atoms with Gasteiger partial charge in [0.15, 0.2) is 5.78 Å². The molecule has 0 saturated heterocycles. The molecule has 182 valence electrons. The van der Waals surface area contributed by atoms with E-state index in [1.165, 1.54) is 32.1 Å². The van der Waals surface area contributed by atoms with Gasteiger partial charge in [-0.1, -0.05) is 41.5 Å². The molecule has 32 heavy (non-hydrogen) atoms. The van der Waals surface area contributed by atoms with Gasteiger partial charge in [-0.15, -0.1) is 0 Å². The molecule has 0 unspecified atom stereocenters. The van der Waals surface area contributed by atoms with Gasteiger partial charge in [0.1, 0.15) is 6.10 Å². The lowest BCUT2D eigenvalue weighted by Crippen LogP contribution is -2.65. The highest BCUT2D eigenvalue weighted by atomic mass is 16.3. The number of carbonyl (C=O) groups is 1. The molecule has 2 N–H and O–H groups in total. The third-order valence-corrected chi connectivity index (χ3v) is 13.3. The highest BCUT2D eigenvalue weighted by molar-refractivity contribution is 5.92. The van der Waals surface area contributed by atoms with Crippen molar-refractivity contribution in [2.75, 3.05) is 0 Å². The van der Waals surface area contributed by atoms with E-state index in [4.69, 9.17) is 0 Å². The molecule has 10 atom stereocenters. The lowest BCUT2D eigenvalue weighted by Gasteiger charge is -2.70. The van der Waals surface area contributed by atoms with Crippen LogP contribution in [0.3, 0.4) is 0 Å². The van der Waals surface area contributed by atoms with Crippen LogP contribution in [0.1, 0.15) is 107 Å². The van der Waals surface area contributed by atoms with Crippen molar-refractivity contribution in [3.05, 3.63) is 0 Å². The van der Waals surface area contributed by atoms with Crippen LogP contribution < -0.4 is 0 Å². The summed E-state index contributed by atoms with van der Waals surface area (Å²) >= 11 is 0. The summed E-state index contributed by atoms with van der Waals surface area (Å²) in [6.07, 6.45) is 8.62. The Bertz CT molecular complexity index is 825. The lowest BCUT2D eigenvalue weighted by atomic mass is 9.34. The van der Waals surface area contributed by atoms with Crippen LogP contribution in [0.25, 0.3) is 0 Å². The van der Waals surface area contributed by atoms with Gasteiger partial charge in [0.05, 0.1) is 5.60 Å². The second-order valence-corrected chi connectivity index (χ2v) is 15.0. The first-order valence-corrected chi connectivity index (χ1v) is 13.5. The standard InChI is InChI=1S/C29H48O3/c1-24(2)19-12-14-28(7)20(29(19,8)23(31)22(24)30)10-9-18-21-17(25(3,4)32)11-13-26(21,5)15-16-27(18,28)6/h17-21,23,31-32H,9-16H2,1-8H3/t17-,18-,19+,20+,21-,23+,26-,27-,28-,29+/m1/s1. The molecule has 5 aliphatic carbocycles. The molecular formula is C29H48O3. The number of hydrogen-bond acceptors (Lipinski definition) is 3. The summed E-state index contributed by atoms with van der Waals surface area (Å²) in [4.78, 5) is 13.2. The Morgan fingerprint density at radius 3 is 2.09 bits per heavy atom. The molecule has 0 aliphatic heterocycles. The second kappa shape index (κ2) is 6.42. The number of hydrogen-bond donors (Lipinski definition) is 2. The first-order valence-electron chi connectivity index (χ1n) is 13.5. The van der Waals surface area contributed by atoms with Crippen molar-refractivity contribution in [2.24, 2.45) is 56.7 Å². The minimum Gasteiger partial charge on any atom is -0.390 e. The number of fused-ring (bicyclic) bond motifs is 7. The zero-order valence-electron chi connectivity index (χ0n) is 21.9. The van der Waals surface area contributed by atoms with E-state index in [9.17, 15) is 15.0 Å². The average Bonchev–Trinajstić information content (AvgIpc) is 3.10. The maximum absolute atomic E-state index is 13.2. The van der Waals surface area contributed by atoms with Crippen molar-refractivity contribution in [1.29, 1.82) is 0 Å². The number of aliphatic hydroxyl groups excluding tert-OH is 1. The van der Waals surface area contributed by atoms with Crippen LogP contribution in [-0.2, 0) is 4.79 Å². The smallest absolute Gasteiger partial charge is 0.167 e. The number of carbonyl (C=O) groups excluding carboxylic acids is 1. The molecule has 0 aromatic carbocycles. The minimum atomic E-state index is -0.822. The molecule has 3 nitrogen and oxygen atoms in total. The molecule has 3 heteroatoms. The van der Waals surface area contributed by atoms with Crippen LogP contribution in [0.5, 0.6) is 0 Å². The normalized spacial score (nSPS) is 56.9. The predicted molar refractivity (Wildman–Crippen MR) is 128 cm³/mol. The summed E-state index contributed by atoms with van der Waals surface area (Å²) in [7, 11) is 0. The lowest BCUT2D eigenvalue weighted by molar-refractivity contribution is -0.233. The molecule has 5 rings (SSSR count). The summed E-state index contributed by atoms with van der Waals surface area (Å²) in [5.41, 5.74) is -0.665. The average molecular weight is 445 g/mol. The summed E-state index contributed by atoms with van der Waals surface area (Å²) in [5.74, 6) is 2.33. The summed E-state index contributed by atoms with van der Waals surface area (Å²) < 4.78 is 0. The van der Waals surface area contributed by atoms with Crippen LogP contribution in [0.15, 0.2) is 0 Å². The first-order chi connectivity index (χ1) is 14.5. The van der Waals surface area contributed by atoms with E-state index in [0.29, 0.717) is 29.1 Å². The molecule has 5 aliphatic rings. The maximum atomic E-state index is 13.2. The van der Waals surface area contributed by atoms with E-state index >= 15 is 0 Å². The zero-order chi connectivity index (χ0) is 23.7. The molecule has 0 amide bonds. The molecular weight excluding hydrogens is 396 g/mol. The molecule has 0 aromatic heterocycles. The van der Waals surface area contributed by atoms with Crippen molar-refractivity contribution in [3.8, 4) is 0 Å². The fraction of sp³-hybridized carbons (Fsp3) is 0.966. The van der Waals surface area contributed by atoms with Gasteiger partial charge in [-0.05, 0) is 111 Å². The fourth-order valence-electron chi connectivity index (χ4n) is 11.3. The highest BCUT2D eigenvalue weighted by Gasteiger charge is 2.74. The SMILES string of the molecule is CC(C)(O)[C@@H]1CC[C@]2(C)CC[C@]3(C)[C@H](CC[C@@H]4[C@@]5(C)[C@@H](O)C(=O)C(C)(C)[C@@H]5CC[C@]43C)[C@@H]12. The van der Waals surface area contributed by atoms with Crippen molar-refractivity contribution in [3.63, 3.8) is 0 Å². The molecule has 0 spiro atoms. The van der Waals surface area contributed by atoms with Crippen LogP contribution in [0, 0.1) is 56.7 Å². The quantitative estimate of drug-likeness (QED) is 0.521. The summed E-state index contributed by atoms with van der Waals surface area (Å²) in [5, 5.41) is 22.5. The monoisotopic (exact) mass is 444 g/mol. The molecule has 0 radical (unpaired) electrons. The van der Waals surface area contributed by atoms with Gasteiger partial charge in [-0.3, -0.25) is 4.79 Å². The van der Waals surface area contributed by atoms with Crippen molar-refractivity contribution >= 4 is 5.78 Å². The van der Waals surface area contributed by atoms with Crippen LogP contribution in [-0.4, -0.2) is 27.7 Å². The van der Waals surface area contributed by atoms with Gasteiger partial charge in [-0.25, -0.2) is 0 Å². The third kappa shape index (κ3) is 2.49. The van der Waals surface area contributed by atoms with Crippen LogP contribution in [0.2, 0.25) is 0 Å². The maximum Gasteiger partial charge on any atom is 0.167 e. The van der Waals surface area contributed by atoms with Gasteiger partial charge in [0.25, 0.3) is 0 Å². The number of ketones is 1. The third-order valence-electron chi connectivity index (χ3n) is 13.3. The van der Waals surface area contributed by atoms with Gasteiger partial charge < -0.3 is 10.2 Å². The summed E-state index contributed by atoms with van der Waals surface area (Å²) in [6, 6.07) is 0. The van der Waals surface area contributed by atoms with E-state index in [2.05, 4.69) is 41.5 Å². The molecule has 5 saturated carbocycles. The fourth-order valence-corrected chi connectivity index (χ4v) is 11.3. The largest absolute Gasteiger partial charge is 0.390 e. The Hall–Kier alpha value is -0.410. The highest BCUT2D eigenvalue weighted by Crippen LogP contribution is 2.77. The Morgan fingerprint density at radius 2 is 1.47 bits per heavy atom. The molecule has 5 fully saturated rings. The second-order valence-electron chi connectivity index (χ2n) is 15.0. The number of Topliss-reactive ketones (excluding diaryl/α,β-unsaturated/α-hetero) is 1. The van der Waals surface area contributed by atoms with Gasteiger partial charge in [-0.2, -0.15) is 0 Å². The zero-order valence-corrected chi connectivity index (χ0v) is 21.9. The van der Waals surface area contributed by atoms with Crippen molar-refractivity contribution in [2.45, 2.75) is 118 Å². The van der Waals surface area contributed by atoms with Crippen molar-refractivity contribution < 1.29 is 15.0 Å². The van der Waals surface area contributed by atoms with Crippen LogP contribution in [0.4, 0.5) is 0 Å². The number of aliphatic hydroxyl groups is 2. The molecule has 0 aromatic rings. The van der Waals surface area contributed by atoms with E-state index in [1.807, 2.05) is 13.8 Å². The Kier molecular flexibility index (Phi) is 4.68. The number of rotatable bonds is 1. The Morgan fingerprint density at radius 1 is 0.812 bits per heavy atom. The van der Waals surface area contributed by atoms with Crippen LogP contribution >= 0.6 is 0 Å². The summed E-state index contributed by atoms with van der Waals surface area (Å²) in [6.45, 7) is 18.1. The Balaban J connectivity index is 1.58. The predicted octanol–water partition coefficient (Wildman–Crippen LogP) is 6.01. The van der Waals surface area contributed by atoms with E-state index < -0.39 is 17.1 Å². The molecule has 0 heterocycles. The van der Waals surface area contributed by atoms with Gasteiger partial charge in [0, 0.05) is 10.8 Å².